The predicted octanol–water partition coefficient (Wildman–Crippen LogP) is 3.32. The van der Waals surface area contributed by atoms with Gasteiger partial charge in [-0.05, 0) is 36.8 Å². The standard InChI is InChI=1S/C18H17F2N3OS/c1-10-14-8-25-17(21)23-18(14,9-24-10)13-7-11(4-5-15(13)19)12-3-2-6-22-16(12)20/h2-7,10,14H,8-9H2,1H3,(H2,21,23). The summed E-state index contributed by atoms with van der Waals surface area (Å²) in [6.07, 6.45) is 1.33. The third kappa shape index (κ3) is 2.62. The summed E-state index contributed by atoms with van der Waals surface area (Å²) in [6.45, 7) is 2.22. The number of hydrogen-bond acceptors (Lipinski definition) is 5. The Morgan fingerprint density at radius 1 is 1.32 bits per heavy atom. The van der Waals surface area contributed by atoms with Crippen molar-refractivity contribution in [2.75, 3.05) is 12.4 Å². The van der Waals surface area contributed by atoms with Crippen LogP contribution in [0, 0.1) is 17.7 Å². The Balaban J connectivity index is 1.89. The van der Waals surface area contributed by atoms with Crippen LogP contribution in [-0.2, 0) is 10.3 Å². The molecule has 0 bridgehead atoms. The molecule has 0 aliphatic carbocycles. The van der Waals surface area contributed by atoms with Crippen LogP contribution in [0.15, 0.2) is 41.5 Å². The van der Waals surface area contributed by atoms with Crippen molar-refractivity contribution in [2.45, 2.75) is 18.6 Å². The van der Waals surface area contributed by atoms with Crippen LogP contribution in [0.1, 0.15) is 12.5 Å². The van der Waals surface area contributed by atoms with Crippen molar-refractivity contribution in [3.05, 3.63) is 53.9 Å². The summed E-state index contributed by atoms with van der Waals surface area (Å²) in [4.78, 5) is 8.27. The molecule has 0 radical (unpaired) electrons. The first-order valence-electron chi connectivity index (χ1n) is 8.02. The van der Waals surface area contributed by atoms with Gasteiger partial charge in [0.1, 0.15) is 11.4 Å². The Labute approximate surface area is 148 Å². The monoisotopic (exact) mass is 361 g/mol. The maximum atomic E-state index is 14.8. The van der Waals surface area contributed by atoms with Crippen LogP contribution in [-0.4, -0.2) is 28.6 Å². The quantitative estimate of drug-likeness (QED) is 0.834. The van der Waals surface area contributed by atoms with Crippen molar-refractivity contribution in [2.24, 2.45) is 16.6 Å². The molecule has 7 heteroatoms. The third-order valence-corrected chi connectivity index (χ3v) is 5.88. The molecule has 0 amide bonds. The highest BCUT2D eigenvalue weighted by Gasteiger charge is 2.52. The highest BCUT2D eigenvalue weighted by atomic mass is 32.2. The lowest BCUT2D eigenvalue weighted by molar-refractivity contribution is 0.107. The predicted molar refractivity (Wildman–Crippen MR) is 94.3 cm³/mol. The van der Waals surface area contributed by atoms with Crippen molar-refractivity contribution in [3.63, 3.8) is 0 Å². The van der Waals surface area contributed by atoms with Gasteiger partial charge in [-0.3, -0.25) is 0 Å². The van der Waals surface area contributed by atoms with E-state index in [1.807, 2.05) is 6.92 Å². The number of aliphatic imine (C=N–C) groups is 1. The lowest BCUT2D eigenvalue weighted by Crippen LogP contribution is -2.41. The zero-order valence-electron chi connectivity index (χ0n) is 13.6. The molecule has 2 aromatic rings. The molecular formula is C18H17F2N3OS. The minimum atomic E-state index is -0.868. The Kier molecular flexibility index (Phi) is 4.00. The topological polar surface area (TPSA) is 60.5 Å². The normalized spacial score (nSPS) is 28.5. The Bertz CT molecular complexity index is 860. The molecular weight excluding hydrogens is 344 g/mol. The second-order valence-electron chi connectivity index (χ2n) is 6.34. The number of pyridine rings is 1. The zero-order valence-corrected chi connectivity index (χ0v) is 14.4. The van der Waals surface area contributed by atoms with Gasteiger partial charge in [-0.1, -0.05) is 17.8 Å². The minimum absolute atomic E-state index is 0.00768. The number of nitrogens with zero attached hydrogens (tertiary/aromatic N) is 2. The Morgan fingerprint density at radius 2 is 2.16 bits per heavy atom. The van der Waals surface area contributed by atoms with Gasteiger partial charge >= 0.3 is 0 Å². The van der Waals surface area contributed by atoms with Gasteiger partial charge < -0.3 is 10.5 Å². The number of nitrogens with two attached hydrogens (primary N) is 1. The maximum Gasteiger partial charge on any atom is 0.220 e. The highest BCUT2D eigenvalue weighted by molar-refractivity contribution is 8.13. The number of hydrogen-bond donors (Lipinski definition) is 1. The van der Waals surface area contributed by atoms with Gasteiger partial charge in [0.15, 0.2) is 5.17 Å². The molecule has 3 atom stereocenters. The molecule has 2 aliphatic rings. The molecule has 1 fully saturated rings. The zero-order chi connectivity index (χ0) is 17.6. The van der Waals surface area contributed by atoms with E-state index in [1.165, 1.54) is 24.0 Å². The van der Waals surface area contributed by atoms with Gasteiger partial charge in [0.2, 0.25) is 5.95 Å². The number of amidine groups is 1. The average Bonchev–Trinajstić information content (AvgIpc) is 2.93. The number of aromatic nitrogens is 1. The minimum Gasteiger partial charge on any atom is -0.379 e. The number of rotatable bonds is 2. The average molecular weight is 361 g/mol. The highest BCUT2D eigenvalue weighted by Crippen LogP contribution is 2.48. The van der Waals surface area contributed by atoms with E-state index in [1.54, 1.807) is 24.3 Å². The van der Waals surface area contributed by atoms with E-state index in [-0.39, 0.29) is 24.4 Å². The van der Waals surface area contributed by atoms with Crippen LogP contribution >= 0.6 is 11.8 Å². The third-order valence-electron chi connectivity index (χ3n) is 4.97. The van der Waals surface area contributed by atoms with E-state index in [2.05, 4.69) is 9.98 Å². The largest absolute Gasteiger partial charge is 0.379 e. The molecule has 4 rings (SSSR count). The fourth-order valence-corrected chi connectivity index (χ4v) is 4.75. The first kappa shape index (κ1) is 16.5. The molecule has 4 nitrogen and oxygen atoms in total. The van der Waals surface area contributed by atoms with Gasteiger partial charge in [-0.25, -0.2) is 14.4 Å². The lowest BCUT2D eigenvalue weighted by atomic mass is 9.78. The van der Waals surface area contributed by atoms with Crippen molar-refractivity contribution in [1.29, 1.82) is 0 Å². The summed E-state index contributed by atoms with van der Waals surface area (Å²) in [7, 11) is 0. The van der Waals surface area contributed by atoms with Crippen LogP contribution in [0.4, 0.5) is 8.78 Å². The van der Waals surface area contributed by atoms with E-state index in [9.17, 15) is 8.78 Å². The summed E-state index contributed by atoms with van der Waals surface area (Å²) < 4.78 is 34.6. The van der Waals surface area contributed by atoms with E-state index in [0.717, 1.165) is 0 Å². The van der Waals surface area contributed by atoms with E-state index in [4.69, 9.17) is 10.5 Å². The number of thioether (sulfide) groups is 1. The van der Waals surface area contributed by atoms with Crippen molar-refractivity contribution in [3.8, 4) is 11.1 Å². The van der Waals surface area contributed by atoms with Crippen molar-refractivity contribution >= 4 is 16.9 Å². The van der Waals surface area contributed by atoms with E-state index >= 15 is 0 Å². The van der Waals surface area contributed by atoms with Gasteiger partial charge in [0, 0.05) is 29.0 Å². The molecule has 2 aliphatic heterocycles. The first-order valence-corrected chi connectivity index (χ1v) is 9.00. The molecule has 1 aromatic heterocycles. The van der Waals surface area contributed by atoms with Crippen LogP contribution in [0.5, 0.6) is 0 Å². The molecule has 0 spiro atoms. The van der Waals surface area contributed by atoms with Gasteiger partial charge in [-0.2, -0.15) is 4.39 Å². The van der Waals surface area contributed by atoms with Crippen LogP contribution in [0.3, 0.4) is 0 Å². The fourth-order valence-electron chi connectivity index (χ4n) is 3.63. The fraction of sp³-hybridized carbons (Fsp3) is 0.333. The van der Waals surface area contributed by atoms with Crippen LogP contribution in [0.25, 0.3) is 11.1 Å². The van der Waals surface area contributed by atoms with Crippen LogP contribution in [0.2, 0.25) is 0 Å². The summed E-state index contributed by atoms with van der Waals surface area (Å²) >= 11 is 1.46. The SMILES string of the molecule is CC1OCC2(c3cc(-c4cccnc4F)ccc3F)N=C(N)SCC12. The number of halogens is 2. The molecule has 130 valence electrons. The number of ether oxygens (including phenoxy) is 1. The van der Waals surface area contributed by atoms with E-state index in [0.29, 0.717) is 27.6 Å². The molecule has 0 saturated carbocycles. The molecule has 2 N–H and O–H groups in total. The van der Waals surface area contributed by atoms with E-state index < -0.39 is 11.5 Å². The molecule has 3 unspecified atom stereocenters. The molecule has 3 heterocycles. The van der Waals surface area contributed by atoms with Gasteiger partial charge in [0.05, 0.1) is 12.7 Å². The summed E-state index contributed by atoms with van der Waals surface area (Å²) in [6, 6.07) is 7.82. The summed E-state index contributed by atoms with van der Waals surface area (Å²) in [5, 5.41) is 0.423. The summed E-state index contributed by atoms with van der Waals surface area (Å²) in [5.74, 6) is -0.263. The smallest absolute Gasteiger partial charge is 0.220 e. The molecule has 25 heavy (non-hydrogen) atoms. The summed E-state index contributed by atoms with van der Waals surface area (Å²) in [5.41, 5.74) is 6.36. The lowest BCUT2D eigenvalue weighted by Gasteiger charge is -2.35. The molecule has 1 saturated heterocycles. The van der Waals surface area contributed by atoms with Gasteiger partial charge in [0.25, 0.3) is 0 Å². The van der Waals surface area contributed by atoms with Gasteiger partial charge in [-0.15, -0.1) is 0 Å². The number of benzene rings is 1. The second-order valence-corrected chi connectivity index (χ2v) is 7.38. The van der Waals surface area contributed by atoms with Crippen molar-refractivity contribution in [1.82, 2.24) is 4.98 Å². The number of fused-ring (bicyclic) bond motifs is 1. The van der Waals surface area contributed by atoms with Crippen molar-refractivity contribution < 1.29 is 13.5 Å². The Morgan fingerprint density at radius 3 is 2.96 bits per heavy atom. The first-order chi connectivity index (χ1) is 12.0. The Hall–Kier alpha value is -1.99. The molecule has 1 aromatic carbocycles. The second kappa shape index (κ2) is 6.07. The maximum absolute atomic E-state index is 14.8. The van der Waals surface area contributed by atoms with Crippen LogP contribution < -0.4 is 5.73 Å².